The van der Waals surface area contributed by atoms with Crippen LogP contribution in [0.3, 0.4) is 0 Å². The van der Waals surface area contributed by atoms with Gasteiger partial charge in [0.25, 0.3) is 16.8 Å². The molecule has 0 spiro atoms. The van der Waals surface area contributed by atoms with E-state index < -0.39 is 10.9 Å². The number of nitrogens with zero attached hydrogens (tertiary/aromatic N) is 2. The van der Waals surface area contributed by atoms with Crippen molar-refractivity contribution in [2.75, 3.05) is 29.6 Å². The molecular formula is C23H26N6O4. The number of methoxy groups -OCH3 is 1. The first-order chi connectivity index (χ1) is 16.0. The van der Waals surface area contributed by atoms with Crippen molar-refractivity contribution in [3.8, 4) is 5.75 Å². The number of anilines is 5. The minimum Gasteiger partial charge on any atom is -0.495 e. The molecule has 1 fully saturated rings. The first-order valence-corrected chi connectivity index (χ1v) is 10.9. The molecule has 33 heavy (non-hydrogen) atoms. The van der Waals surface area contributed by atoms with Crippen LogP contribution in [0.5, 0.6) is 5.75 Å². The first-order valence-electron chi connectivity index (χ1n) is 10.9. The summed E-state index contributed by atoms with van der Waals surface area (Å²) in [5.74, 6) is 0.945. The fourth-order valence-electron chi connectivity index (χ4n) is 3.42. The molecular weight excluding hydrogens is 424 g/mol. The summed E-state index contributed by atoms with van der Waals surface area (Å²) in [6.45, 7) is 2.56. The van der Waals surface area contributed by atoms with Crippen LogP contribution in [0.15, 0.2) is 40.1 Å². The molecule has 3 aromatic rings. The van der Waals surface area contributed by atoms with Gasteiger partial charge in [-0.3, -0.25) is 14.4 Å². The summed E-state index contributed by atoms with van der Waals surface area (Å²) < 4.78 is 5.44. The van der Waals surface area contributed by atoms with Gasteiger partial charge >= 0.3 is 0 Å². The Morgan fingerprint density at radius 3 is 2.61 bits per heavy atom. The number of carbonyl (C=O) groups is 1. The Bertz CT molecular complexity index is 1230. The molecule has 10 heteroatoms. The van der Waals surface area contributed by atoms with Gasteiger partial charge in [0.2, 0.25) is 5.95 Å². The number of rotatable bonds is 10. The van der Waals surface area contributed by atoms with E-state index in [1.807, 2.05) is 6.92 Å². The Hall–Kier alpha value is -3.95. The van der Waals surface area contributed by atoms with E-state index in [-0.39, 0.29) is 29.3 Å². The van der Waals surface area contributed by atoms with Gasteiger partial charge in [-0.1, -0.05) is 6.92 Å². The molecule has 4 N–H and O–H groups in total. The van der Waals surface area contributed by atoms with Crippen LogP contribution in [0.2, 0.25) is 0 Å². The highest BCUT2D eigenvalue weighted by Crippen LogP contribution is 2.29. The molecule has 0 aliphatic heterocycles. The van der Waals surface area contributed by atoms with E-state index in [9.17, 15) is 14.4 Å². The fourth-order valence-corrected chi connectivity index (χ4v) is 3.42. The number of hydrogen-bond acceptors (Lipinski definition) is 9. The van der Waals surface area contributed by atoms with Crippen LogP contribution in [0.25, 0.3) is 0 Å². The van der Waals surface area contributed by atoms with Gasteiger partial charge in [0, 0.05) is 24.3 Å². The maximum Gasteiger partial charge on any atom is 0.253 e. The normalized spacial score (nSPS) is 13.3. The molecule has 0 unspecified atom stereocenters. The van der Waals surface area contributed by atoms with Crippen molar-refractivity contribution in [1.82, 2.24) is 15.3 Å². The molecule has 10 nitrogen and oxygen atoms in total. The summed E-state index contributed by atoms with van der Waals surface area (Å²) in [5, 5.41) is 11.9. The molecule has 1 aliphatic carbocycles. The Morgan fingerprint density at radius 2 is 1.91 bits per heavy atom. The third kappa shape index (κ3) is 4.79. The van der Waals surface area contributed by atoms with Crippen molar-refractivity contribution in [3.63, 3.8) is 0 Å². The van der Waals surface area contributed by atoms with Crippen molar-refractivity contribution in [1.29, 1.82) is 0 Å². The van der Waals surface area contributed by atoms with E-state index in [2.05, 4.69) is 31.2 Å². The summed E-state index contributed by atoms with van der Waals surface area (Å²) in [6, 6.07) is 6.93. The summed E-state index contributed by atoms with van der Waals surface area (Å²) >= 11 is 0. The second-order valence-electron chi connectivity index (χ2n) is 7.87. The zero-order valence-corrected chi connectivity index (χ0v) is 18.5. The Labute approximate surface area is 190 Å². The molecule has 0 saturated heterocycles. The molecule has 0 radical (unpaired) electrons. The minimum atomic E-state index is -0.584. The number of amides is 1. The molecule has 1 saturated carbocycles. The van der Waals surface area contributed by atoms with Gasteiger partial charge < -0.3 is 26.0 Å². The van der Waals surface area contributed by atoms with E-state index in [1.54, 1.807) is 24.3 Å². The van der Waals surface area contributed by atoms with Gasteiger partial charge in [0.1, 0.15) is 22.9 Å². The quantitative estimate of drug-likeness (QED) is 0.344. The van der Waals surface area contributed by atoms with E-state index in [0.29, 0.717) is 29.4 Å². The van der Waals surface area contributed by atoms with Crippen LogP contribution in [-0.2, 0) is 0 Å². The average Bonchev–Trinajstić information content (AvgIpc) is 2.81. The third-order valence-electron chi connectivity index (χ3n) is 5.52. The van der Waals surface area contributed by atoms with Crippen LogP contribution < -0.4 is 36.9 Å². The maximum absolute atomic E-state index is 12.4. The van der Waals surface area contributed by atoms with Crippen LogP contribution in [0, 0.1) is 0 Å². The predicted octanol–water partition coefficient (Wildman–Crippen LogP) is 2.67. The lowest BCUT2D eigenvalue weighted by Gasteiger charge is -2.26. The topological polar surface area (TPSA) is 134 Å². The Morgan fingerprint density at radius 1 is 1.12 bits per heavy atom. The SMILES string of the molecule is CCCNc1c(Nc2ccnc(Nc3ccc(C(=O)NC4CCC4)cc3OC)n2)c(=O)c1=O. The van der Waals surface area contributed by atoms with Gasteiger partial charge in [-0.15, -0.1) is 0 Å². The van der Waals surface area contributed by atoms with Gasteiger partial charge in [0.15, 0.2) is 0 Å². The van der Waals surface area contributed by atoms with Gasteiger partial charge in [0.05, 0.1) is 12.8 Å². The highest BCUT2D eigenvalue weighted by Gasteiger charge is 2.22. The van der Waals surface area contributed by atoms with Crippen molar-refractivity contribution in [2.24, 2.45) is 0 Å². The number of aromatic nitrogens is 2. The molecule has 1 aliphatic rings. The monoisotopic (exact) mass is 450 g/mol. The lowest BCUT2D eigenvalue weighted by Crippen LogP contribution is -2.39. The second-order valence-corrected chi connectivity index (χ2v) is 7.87. The van der Waals surface area contributed by atoms with Crippen LogP contribution >= 0.6 is 0 Å². The predicted molar refractivity (Wildman–Crippen MR) is 127 cm³/mol. The molecule has 0 atom stereocenters. The van der Waals surface area contributed by atoms with Gasteiger partial charge in [-0.2, -0.15) is 4.98 Å². The minimum absolute atomic E-state index is 0.132. The molecule has 2 aromatic carbocycles. The second kappa shape index (κ2) is 9.68. The largest absolute Gasteiger partial charge is 0.495 e. The fraction of sp³-hybridized carbons (Fsp3) is 0.348. The molecule has 1 amide bonds. The van der Waals surface area contributed by atoms with Crippen LogP contribution in [0.4, 0.5) is 28.8 Å². The van der Waals surface area contributed by atoms with E-state index in [1.165, 1.54) is 13.3 Å². The number of carbonyl (C=O) groups excluding carboxylic acids is 1. The highest BCUT2D eigenvalue weighted by atomic mass is 16.5. The average molecular weight is 450 g/mol. The molecule has 4 rings (SSSR count). The smallest absolute Gasteiger partial charge is 0.253 e. The van der Waals surface area contributed by atoms with Crippen molar-refractivity contribution >= 4 is 34.7 Å². The summed E-state index contributed by atoms with van der Waals surface area (Å²) in [7, 11) is 1.52. The summed E-state index contributed by atoms with van der Waals surface area (Å²) in [5.41, 5.74) is 0.427. The molecule has 0 bridgehead atoms. The highest BCUT2D eigenvalue weighted by molar-refractivity contribution is 5.95. The van der Waals surface area contributed by atoms with Crippen molar-refractivity contribution < 1.29 is 9.53 Å². The van der Waals surface area contributed by atoms with Crippen LogP contribution in [0.1, 0.15) is 43.0 Å². The molecule has 1 aromatic heterocycles. The number of hydrogen-bond donors (Lipinski definition) is 4. The van der Waals surface area contributed by atoms with Gasteiger partial charge in [-0.25, -0.2) is 4.98 Å². The zero-order chi connectivity index (χ0) is 23.4. The van der Waals surface area contributed by atoms with Crippen molar-refractivity contribution in [2.45, 2.75) is 38.6 Å². The molecule has 1 heterocycles. The first kappa shape index (κ1) is 22.3. The summed E-state index contributed by atoms with van der Waals surface area (Å²) in [4.78, 5) is 44.7. The van der Waals surface area contributed by atoms with E-state index in [0.717, 1.165) is 25.7 Å². The third-order valence-corrected chi connectivity index (χ3v) is 5.52. The number of nitrogens with one attached hydrogen (secondary N) is 4. The summed E-state index contributed by atoms with van der Waals surface area (Å²) in [6.07, 6.45) is 5.51. The standard InChI is InChI=1S/C23H26N6O4/c1-3-10-24-18-19(21(31)20(18)30)28-17-9-11-25-23(29-17)27-15-8-7-13(12-16(15)33-2)22(32)26-14-5-4-6-14/h7-9,11-12,14,24H,3-6,10H2,1-2H3,(H,26,32)(H2,25,27,28,29). The Kier molecular flexibility index (Phi) is 6.53. The lowest BCUT2D eigenvalue weighted by atomic mass is 9.93. The maximum atomic E-state index is 12.4. The van der Waals surface area contributed by atoms with Crippen molar-refractivity contribution in [3.05, 3.63) is 56.5 Å². The lowest BCUT2D eigenvalue weighted by molar-refractivity contribution is 0.0916. The van der Waals surface area contributed by atoms with E-state index in [4.69, 9.17) is 4.74 Å². The van der Waals surface area contributed by atoms with E-state index >= 15 is 0 Å². The van der Waals surface area contributed by atoms with Gasteiger partial charge in [-0.05, 0) is 49.9 Å². The number of ether oxygens (including phenoxy) is 1. The molecule has 172 valence electrons. The zero-order valence-electron chi connectivity index (χ0n) is 18.5. The van der Waals surface area contributed by atoms with Crippen LogP contribution in [-0.4, -0.2) is 35.6 Å². The number of benzene rings is 1. The Balaban J connectivity index is 1.48.